The van der Waals surface area contributed by atoms with E-state index in [0.717, 1.165) is 23.1 Å². The van der Waals surface area contributed by atoms with Crippen LogP contribution in [0.15, 0.2) is 22.7 Å². The molecule has 1 aliphatic rings. The molecular weight excluding hydrogens is 358 g/mol. The highest BCUT2D eigenvalue weighted by Gasteiger charge is 2.31. The summed E-state index contributed by atoms with van der Waals surface area (Å²) in [6, 6.07) is 5.81. The first kappa shape index (κ1) is 18.3. The molecule has 0 saturated carbocycles. The van der Waals surface area contributed by atoms with Crippen molar-refractivity contribution in [2.45, 2.75) is 38.3 Å². The minimum Gasteiger partial charge on any atom is -0.489 e. The molecule has 1 fully saturated rings. The monoisotopic (exact) mass is 377 g/mol. The lowest BCUT2D eigenvalue weighted by molar-refractivity contribution is -0.142. The van der Waals surface area contributed by atoms with Crippen LogP contribution in [0.1, 0.15) is 25.3 Å². The molecule has 2 unspecified atom stereocenters. The van der Waals surface area contributed by atoms with Crippen molar-refractivity contribution in [3.05, 3.63) is 28.2 Å². The average molecular weight is 379 g/mol. The van der Waals surface area contributed by atoms with Crippen LogP contribution in [0.3, 0.4) is 0 Å². The zero-order chi connectivity index (χ0) is 14.5. The number of carbonyl (C=O) groups excluding carboxylic acids is 1. The molecule has 0 aromatic heterocycles. The Kier molecular flexibility index (Phi) is 7.49. The number of benzene rings is 1. The molecular formula is C15H21BrClNO3. The number of nitrogens with one attached hydrogen (secondary N) is 1. The number of ether oxygens (including phenoxy) is 2. The third-order valence-corrected chi connectivity index (χ3v) is 3.90. The van der Waals surface area contributed by atoms with Crippen LogP contribution in [0.25, 0.3) is 0 Å². The first-order valence-electron chi connectivity index (χ1n) is 6.90. The summed E-state index contributed by atoms with van der Waals surface area (Å²) in [7, 11) is 1.41. The van der Waals surface area contributed by atoms with E-state index in [1.165, 1.54) is 12.7 Å². The summed E-state index contributed by atoms with van der Waals surface area (Å²) in [6.07, 6.45) is 2.71. The Morgan fingerprint density at radius 2 is 2.24 bits per heavy atom. The fourth-order valence-corrected chi connectivity index (χ4v) is 2.83. The minimum absolute atomic E-state index is 0. The molecule has 21 heavy (non-hydrogen) atoms. The van der Waals surface area contributed by atoms with Crippen LogP contribution in [0.5, 0.6) is 5.75 Å². The smallest absolute Gasteiger partial charge is 0.323 e. The van der Waals surface area contributed by atoms with Gasteiger partial charge in [-0.2, -0.15) is 0 Å². The fourth-order valence-electron chi connectivity index (χ4n) is 2.42. The van der Waals surface area contributed by atoms with Gasteiger partial charge in [-0.1, -0.05) is 29.3 Å². The highest BCUT2D eigenvalue weighted by molar-refractivity contribution is 9.10. The number of hydrogen-bond acceptors (Lipinski definition) is 4. The van der Waals surface area contributed by atoms with Gasteiger partial charge in [0.15, 0.2) is 0 Å². The number of esters is 1. The van der Waals surface area contributed by atoms with Crippen molar-refractivity contribution in [2.75, 3.05) is 13.7 Å². The molecule has 0 bridgehead atoms. The maximum absolute atomic E-state index is 11.5. The molecule has 118 valence electrons. The van der Waals surface area contributed by atoms with Crippen molar-refractivity contribution in [3.63, 3.8) is 0 Å². The molecule has 2 rings (SSSR count). The maximum atomic E-state index is 11.5. The van der Waals surface area contributed by atoms with Crippen molar-refractivity contribution in [1.29, 1.82) is 0 Å². The second-order valence-corrected chi connectivity index (χ2v) is 5.88. The van der Waals surface area contributed by atoms with Crippen LogP contribution in [0.4, 0.5) is 0 Å². The molecule has 1 aliphatic heterocycles. The Morgan fingerprint density at radius 3 is 2.90 bits per heavy atom. The second kappa shape index (κ2) is 8.61. The van der Waals surface area contributed by atoms with Gasteiger partial charge in [0.25, 0.3) is 0 Å². The number of methoxy groups -OCH3 is 1. The van der Waals surface area contributed by atoms with E-state index in [1.54, 1.807) is 0 Å². The van der Waals surface area contributed by atoms with Gasteiger partial charge in [0.1, 0.15) is 17.9 Å². The third-order valence-electron chi connectivity index (χ3n) is 3.41. The lowest BCUT2D eigenvalue weighted by atomic mass is 10.1. The van der Waals surface area contributed by atoms with Gasteiger partial charge < -0.3 is 14.8 Å². The van der Waals surface area contributed by atoms with E-state index >= 15 is 0 Å². The third kappa shape index (κ3) is 4.87. The first-order chi connectivity index (χ1) is 9.63. The van der Waals surface area contributed by atoms with Crippen LogP contribution >= 0.6 is 28.3 Å². The quantitative estimate of drug-likeness (QED) is 0.800. The molecule has 1 aromatic carbocycles. The van der Waals surface area contributed by atoms with Crippen molar-refractivity contribution in [1.82, 2.24) is 5.32 Å². The zero-order valence-corrected chi connectivity index (χ0v) is 14.6. The van der Waals surface area contributed by atoms with E-state index < -0.39 is 0 Å². The van der Waals surface area contributed by atoms with E-state index in [9.17, 15) is 4.79 Å². The van der Waals surface area contributed by atoms with Gasteiger partial charge in [-0.05, 0) is 30.2 Å². The largest absolute Gasteiger partial charge is 0.489 e. The summed E-state index contributed by atoms with van der Waals surface area (Å²) in [5, 5.41) is 3.13. The van der Waals surface area contributed by atoms with Gasteiger partial charge in [0.05, 0.1) is 7.11 Å². The van der Waals surface area contributed by atoms with Crippen molar-refractivity contribution in [3.8, 4) is 5.75 Å². The summed E-state index contributed by atoms with van der Waals surface area (Å²) in [4.78, 5) is 11.5. The minimum atomic E-state index is -0.255. The summed E-state index contributed by atoms with van der Waals surface area (Å²) in [5.74, 6) is 0.688. The maximum Gasteiger partial charge on any atom is 0.323 e. The zero-order valence-electron chi connectivity index (χ0n) is 12.2. The standard InChI is InChI=1S/C15H20BrNO3.ClH/c1-3-4-10-7-11(16)5-6-14(10)20-12-8-13(17-9-12)15(18)19-2;/h5-7,12-13,17H,3-4,8-9H2,1-2H3;1H. The normalized spacial score (nSPS) is 20.7. The van der Waals surface area contributed by atoms with E-state index in [2.05, 4.69) is 34.2 Å². The molecule has 6 heteroatoms. The summed E-state index contributed by atoms with van der Waals surface area (Å²) >= 11 is 3.49. The number of hydrogen-bond donors (Lipinski definition) is 1. The molecule has 1 aromatic rings. The molecule has 0 spiro atoms. The molecule has 2 atom stereocenters. The second-order valence-electron chi connectivity index (χ2n) is 4.96. The molecule has 1 N–H and O–H groups in total. The van der Waals surface area contributed by atoms with E-state index in [4.69, 9.17) is 9.47 Å². The Balaban J connectivity index is 0.00000220. The Bertz CT molecular complexity index is 484. The number of carbonyl (C=O) groups is 1. The van der Waals surface area contributed by atoms with Gasteiger partial charge in [0.2, 0.25) is 0 Å². The van der Waals surface area contributed by atoms with Crippen LogP contribution in [-0.2, 0) is 16.0 Å². The Hall–Kier alpha value is -0.780. The number of aryl methyl sites for hydroxylation is 1. The van der Waals surface area contributed by atoms with Gasteiger partial charge in [-0.25, -0.2) is 0 Å². The molecule has 1 heterocycles. The SMILES string of the molecule is CCCc1cc(Br)ccc1OC1CNC(C(=O)OC)C1.Cl. The van der Waals surface area contributed by atoms with E-state index in [-0.39, 0.29) is 30.5 Å². The lowest BCUT2D eigenvalue weighted by Gasteiger charge is -2.16. The fraction of sp³-hybridized carbons (Fsp3) is 0.533. The predicted octanol–water partition coefficient (Wildman–Crippen LogP) is 3.11. The van der Waals surface area contributed by atoms with Crippen molar-refractivity contribution < 1.29 is 14.3 Å². The van der Waals surface area contributed by atoms with Crippen molar-refractivity contribution in [2.24, 2.45) is 0 Å². The number of rotatable bonds is 5. The summed E-state index contributed by atoms with van der Waals surface area (Å²) in [5.41, 5.74) is 1.20. The van der Waals surface area contributed by atoms with Crippen LogP contribution in [-0.4, -0.2) is 31.8 Å². The van der Waals surface area contributed by atoms with Crippen LogP contribution < -0.4 is 10.1 Å². The van der Waals surface area contributed by atoms with Gasteiger partial charge in [-0.3, -0.25) is 4.79 Å². The van der Waals surface area contributed by atoms with Gasteiger partial charge >= 0.3 is 5.97 Å². The molecule has 0 radical (unpaired) electrons. The number of halogens is 2. The van der Waals surface area contributed by atoms with Gasteiger partial charge in [0, 0.05) is 17.4 Å². The average Bonchev–Trinajstić information content (AvgIpc) is 2.90. The summed E-state index contributed by atoms with van der Waals surface area (Å²) < 4.78 is 11.9. The van der Waals surface area contributed by atoms with E-state index in [0.29, 0.717) is 13.0 Å². The van der Waals surface area contributed by atoms with Crippen LogP contribution in [0, 0.1) is 0 Å². The lowest BCUT2D eigenvalue weighted by Crippen LogP contribution is -2.31. The Morgan fingerprint density at radius 1 is 1.48 bits per heavy atom. The highest BCUT2D eigenvalue weighted by Crippen LogP contribution is 2.27. The highest BCUT2D eigenvalue weighted by atomic mass is 79.9. The van der Waals surface area contributed by atoms with E-state index in [1.807, 2.05) is 12.1 Å². The molecule has 1 saturated heterocycles. The molecule has 0 aliphatic carbocycles. The predicted molar refractivity (Wildman–Crippen MR) is 88.2 cm³/mol. The molecule has 0 amide bonds. The molecule has 4 nitrogen and oxygen atoms in total. The topological polar surface area (TPSA) is 47.6 Å². The Labute approximate surface area is 140 Å². The summed E-state index contributed by atoms with van der Waals surface area (Å²) in [6.45, 7) is 2.82. The van der Waals surface area contributed by atoms with Crippen LogP contribution in [0.2, 0.25) is 0 Å². The first-order valence-corrected chi connectivity index (χ1v) is 7.69. The van der Waals surface area contributed by atoms with Gasteiger partial charge in [-0.15, -0.1) is 12.4 Å². The van der Waals surface area contributed by atoms with Crippen molar-refractivity contribution >= 4 is 34.3 Å².